The van der Waals surface area contributed by atoms with Crippen LogP contribution < -0.4 is 5.73 Å². The van der Waals surface area contributed by atoms with Gasteiger partial charge in [-0.2, -0.15) is 0 Å². The number of hydrogen-bond acceptors (Lipinski definition) is 1. The van der Waals surface area contributed by atoms with Crippen LogP contribution in [0.25, 0.3) is 10.9 Å². The van der Waals surface area contributed by atoms with E-state index < -0.39 is 0 Å². The van der Waals surface area contributed by atoms with Crippen molar-refractivity contribution >= 4 is 22.5 Å². The number of hydrogen-bond donors (Lipinski definition) is 2. The van der Waals surface area contributed by atoms with E-state index in [1.165, 1.54) is 0 Å². The summed E-state index contributed by atoms with van der Waals surface area (Å²) in [6.07, 6.45) is 0. The molecule has 1 aromatic heterocycles. The van der Waals surface area contributed by atoms with Gasteiger partial charge < -0.3 is 10.7 Å². The quantitative estimate of drug-likeness (QED) is 0.743. The molecule has 0 saturated carbocycles. The lowest BCUT2D eigenvalue weighted by molar-refractivity contribution is 0.817. The molecule has 0 bridgehead atoms. The predicted octanol–water partition coefficient (Wildman–Crippen LogP) is 3.15. The average Bonchev–Trinajstić information content (AvgIpc) is 2.40. The van der Waals surface area contributed by atoms with Gasteiger partial charge in [0.15, 0.2) is 0 Å². The number of H-pyrrole nitrogens is 1. The molecule has 0 aliphatic rings. The normalized spacial score (nSPS) is 13.4. The molecule has 1 aromatic carbocycles. The Hall–Kier alpha value is -0.990. The molecule has 1 unspecified atom stereocenters. The van der Waals surface area contributed by atoms with Crippen LogP contribution in [0, 0.1) is 6.92 Å². The first-order chi connectivity index (χ1) is 6.59. The molecule has 0 aliphatic carbocycles. The van der Waals surface area contributed by atoms with Crippen molar-refractivity contribution in [2.45, 2.75) is 19.9 Å². The summed E-state index contributed by atoms with van der Waals surface area (Å²) in [5.41, 5.74) is 9.29. The van der Waals surface area contributed by atoms with Gasteiger partial charge in [0.1, 0.15) is 0 Å². The summed E-state index contributed by atoms with van der Waals surface area (Å²) < 4.78 is 0. The zero-order chi connectivity index (χ0) is 10.3. The van der Waals surface area contributed by atoms with E-state index >= 15 is 0 Å². The molecule has 2 aromatic rings. The molecule has 0 spiro atoms. The van der Waals surface area contributed by atoms with E-state index in [1.54, 1.807) is 0 Å². The standard InChI is InChI=1S/C11H13ClN2/c1-6(13)11-7(2)14-10-4-3-8(12)5-9(10)11/h3-6,14H,13H2,1-2H3. The van der Waals surface area contributed by atoms with E-state index in [1.807, 2.05) is 32.0 Å². The Balaban J connectivity index is 2.79. The molecule has 1 atom stereocenters. The molecule has 0 amide bonds. The van der Waals surface area contributed by atoms with E-state index in [4.69, 9.17) is 17.3 Å². The summed E-state index contributed by atoms with van der Waals surface area (Å²) in [5, 5.41) is 1.88. The molecule has 2 nitrogen and oxygen atoms in total. The SMILES string of the molecule is Cc1[nH]c2ccc(Cl)cc2c1C(C)N. The van der Waals surface area contributed by atoms with Gasteiger partial charge in [-0.1, -0.05) is 11.6 Å². The molecule has 0 radical (unpaired) electrons. The topological polar surface area (TPSA) is 41.8 Å². The number of benzene rings is 1. The third-order valence-electron chi connectivity index (χ3n) is 2.45. The third-order valence-corrected chi connectivity index (χ3v) is 2.69. The molecule has 0 aliphatic heterocycles. The number of nitrogens with one attached hydrogen (secondary N) is 1. The van der Waals surface area contributed by atoms with Crippen molar-refractivity contribution in [1.82, 2.24) is 4.98 Å². The van der Waals surface area contributed by atoms with E-state index in [0.29, 0.717) is 0 Å². The Morgan fingerprint density at radius 1 is 1.43 bits per heavy atom. The summed E-state index contributed by atoms with van der Waals surface area (Å²) in [4.78, 5) is 3.30. The van der Waals surface area contributed by atoms with Crippen LogP contribution in [0.3, 0.4) is 0 Å². The molecule has 3 heteroatoms. The van der Waals surface area contributed by atoms with Crippen molar-refractivity contribution in [2.24, 2.45) is 5.73 Å². The van der Waals surface area contributed by atoms with Crippen molar-refractivity contribution in [3.63, 3.8) is 0 Å². The smallest absolute Gasteiger partial charge is 0.0460 e. The van der Waals surface area contributed by atoms with Crippen LogP contribution in [0.1, 0.15) is 24.2 Å². The highest BCUT2D eigenvalue weighted by molar-refractivity contribution is 6.31. The fraction of sp³-hybridized carbons (Fsp3) is 0.273. The molecule has 74 valence electrons. The van der Waals surface area contributed by atoms with Gasteiger partial charge in [-0.3, -0.25) is 0 Å². The molecule has 1 heterocycles. The van der Waals surface area contributed by atoms with E-state index in [-0.39, 0.29) is 6.04 Å². The van der Waals surface area contributed by atoms with Gasteiger partial charge in [-0.25, -0.2) is 0 Å². The Bertz CT molecular complexity index is 471. The van der Waals surface area contributed by atoms with E-state index in [9.17, 15) is 0 Å². The molecular formula is C11H13ClN2. The molecule has 2 rings (SSSR count). The summed E-state index contributed by atoms with van der Waals surface area (Å²) >= 11 is 5.95. The van der Waals surface area contributed by atoms with Crippen LogP contribution in [-0.4, -0.2) is 4.98 Å². The summed E-state index contributed by atoms with van der Waals surface area (Å²) in [5.74, 6) is 0. The predicted molar refractivity (Wildman–Crippen MR) is 60.6 cm³/mol. The first-order valence-corrected chi connectivity index (χ1v) is 5.00. The van der Waals surface area contributed by atoms with Crippen LogP contribution in [0.5, 0.6) is 0 Å². The van der Waals surface area contributed by atoms with Crippen molar-refractivity contribution in [3.8, 4) is 0 Å². The highest BCUT2D eigenvalue weighted by Crippen LogP contribution is 2.28. The lowest BCUT2D eigenvalue weighted by Gasteiger charge is -2.04. The van der Waals surface area contributed by atoms with E-state index in [0.717, 1.165) is 27.2 Å². The second-order valence-corrected chi connectivity index (χ2v) is 4.08. The number of aryl methyl sites for hydroxylation is 1. The Kier molecular flexibility index (Phi) is 2.25. The fourth-order valence-corrected chi connectivity index (χ4v) is 2.08. The molecular weight excluding hydrogens is 196 g/mol. The van der Waals surface area contributed by atoms with Crippen LogP contribution in [0.2, 0.25) is 5.02 Å². The number of aromatic nitrogens is 1. The van der Waals surface area contributed by atoms with Gasteiger partial charge in [0.25, 0.3) is 0 Å². The minimum absolute atomic E-state index is 0.0298. The van der Waals surface area contributed by atoms with Crippen LogP contribution in [0.4, 0.5) is 0 Å². The van der Waals surface area contributed by atoms with Gasteiger partial charge in [-0.05, 0) is 37.6 Å². The number of aromatic amines is 1. The maximum atomic E-state index is 5.95. The number of rotatable bonds is 1. The van der Waals surface area contributed by atoms with Crippen molar-refractivity contribution in [1.29, 1.82) is 0 Å². The summed E-state index contributed by atoms with van der Waals surface area (Å²) in [6, 6.07) is 5.85. The minimum atomic E-state index is 0.0298. The maximum absolute atomic E-state index is 5.95. The van der Waals surface area contributed by atoms with Crippen molar-refractivity contribution in [2.75, 3.05) is 0 Å². The van der Waals surface area contributed by atoms with Gasteiger partial charge in [0, 0.05) is 27.7 Å². The lowest BCUT2D eigenvalue weighted by Crippen LogP contribution is -2.05. The van der Waals surface area contributed by atoms with Crippen LogP contribution in [0.15, 0.2) is 18.2 Å². The highest BCUT2D eigenvalue weighted by atomic mass is 35.5. The Morgan fingerprint density at radius 3 is 2.79 bits per heavy atom. The van der Waals surface area contributed by atoms with Gasteiger partial charge in [-0.15, -0.1) is 0 Å². The van der Waals surface area contributed by atoms with E-state index in [2.05, 4.69) is 4.98 Å². The second-order valence-electron chi connectivity index (χ2n) is 3.64. The zero-order valence-electron chi connectivity index (χ0n) is 8.26. The minimum Gasteiger partial charge on any atom is -0.358 e. The summed E-state index contributed by atoms with van der Waals surface area (Å²) in [7, 11) is 0. The van der Waals surface area contributed by atoms with Gasteiger partial charge in [0.05, 0.1) is 0 Å². The first-order valence-electron chi connectivity index (χ1n) is 4.63. The molecule has 0 fully saturated rings. The summed E-state index contributed by atoms with van der Waals surface area (Å²) in [6.45, 7) is 4.02. The van der Waals surface area contributed by atoms with Crippen LogP contribution >= 0.6 is 11.6 Å². The van der Waals surface area contributed by atoms with Gasteiger partial charge >= 0.3 is 0 Å². The Morgan fingerprint density at radius 2 is 2.14 bits per heavy atom. The molecule has 0 saturated heterocycles. The van der Waals surface area contributed by atoms with Gasteiger partial charge in [0.2, 0.25) is 0 Å². The molecule has 3 N–H and O–H groups in total. The lowest BCUT2D eigenvalue weighted by atomic mass is 10.1. The number of halogens is 1. The Labute approximate surface area is 88.1 Å². The largest absolute Gasteiger partial charge is 0.358 e. The van der Waals surface area contributed by atoms with Crippen LogP contribution in [-0.2, 0) is 0 Å². The number of fused-ring (bicyclic) bond motifs is 1. The highest BCUT2D eigenvalue weighted by Gasteiger charge is 2.11. The first kappa shape index (κ1) is 9.56. The van der Waals surface area contributed by atoms with Crippen molar-refractivity contribution in [3.05, 3.63) is 34.5 Å². The monoisotopic (exact) mass is 208 g/mol. The van der Waals surface area contributed by atoms with Crippen molar-refractivity contribution < 1.29 is 0 Å². The molecule has 14 heavy (non-hydrogen) atoms. The average molecular weight is 209 g/mol. The second kappa shape index (κ2) is 3.30. The maximum Gasteiger partial charge on any atom is 0.0460 e. The zero-order valence-corrected chi connectivity index (χ0v) is 9.02. The third kappa shape index (κ3) is 1.41. The fourth-order valence-electron chi connectivity index (χ4n) is 1.91. The number of nitrogens with two attached hydrogens (primary N) is 1.